The van der Waals surface area contributed by atoms with E-state index >= 15 is 0 Å². The number of nitrogens with one attached hydrogen (secondary N) is 2. The van der Waals surface area contributed by atoms with Crippen LogP contribution < -0.4 is 21.1 Å². The molecule has 64 heavy (non-hydrogen) atoms. The van der Waals surface area contributed by atoms with E-state index in [0.717, 1.165) is 4.57 Å². The molecule has 3 N–H and O–H groups in total. The van der Waals surface area contributed by atoms with Gasteiger partial charge < -0.3 is 29.4 Å². The van der Waals surface area contributed by atoms with Crippen LogP contribution in [-0.2, 0) is 60.3 Å². The molecular formula is C39H44N10O14P+. The molecule has 7 rings (SSSR count). The van der Waals surface area contributed by atoms with Gasteiger partial charge in [-0.05, 0) is 19.1 Å². The lowest BCUT2D eigenvalue weighted by atomic mass is 10.2. The Hall–Kier alpha value is -6.45. The summed E-state index contributed by atoms with van der Waals surface area (Å²) < 4.78 is 60.8. The Labute approximate surface area is 362 Å². The van der Waals surface area contributed by atoms with Gasteiger partial charge in [0.25, 0.3) is 11.5 Å². The molecule has 2 saturated heterocycles. The molecule has 1 unspecified atom stereocenters. The summed E-state index contributed by atoms with van der Waals surface area (Å²) in [6, 6.07) is 10.4. The number of carbonyl (C=O) groups is 3. The van der Waals surface area contributed by atoms with Crippen molar-refractivity contribution in [1.82, 2.24) is 33.6 Å². The number of fused-ring (bicyclic) bond motifs is 1. The fraction of sp³-hybridized carbons (Fsp3) is 0.436. The Kier molecular flexibility index (Phi) is 14.5. The van der Waals surface area contributed by atoms with E-state index < -0.39 is 100 Å². The molecule has 0 spiro atoms. The molecule has 5 aromatic rings. The summed E-state index contributed by atoms with van der Waals surface area (Å²) in [6.07, 6.45) is 1.29. The fourth-order valence-electron chi connectivity index (χ4n) is 6.92. The molecule has 2 aliphatic rings. The molecule has 0 saturated carbocycles. The molecule has 4 aromatic heterocycles. The summed E-state index contributed by atoms with van der Waals surface area (Å²) >= 11 is 0. The number of rotatable bonds is 19. The number of hydrogen-bond acceptors (Lipinski definition) is 18. The van der Waals surface area contributed by atoms with Crippen LogP contribution in [0, 0.1) is 18.3 Å². The van der Waals surface area contributed by atoms with Crippen LogP contribution in [0.5, 0.6) is 0 Å². The number of aromatic amines is 1. The Morgan fingerprint density at radius 1 is 1.03 bits per heavy atom. The van der Waals surface area contributed by atoms with Crippen LogP contribution in [0.15, 0.2) is 77.5 Å². The zero-order chi connectivity index (χ0) is 45.4. The third kappa shape index (κ3) is 11.0. The number of amides is 1. The normalized spacial score (nSPS) is 21.6. The predicted molar refractivity (Wildman–Crippen MR) is 216 cm³/mol. The summed E-state index contributed by atoms with van der Waals surface area (Å²) in [4.78, 5) is 78.5. The van der Waals surface area contributed by atoms with E-state index in [0.29, 0.717) is 12.1 Å². The first-order valence-corrected chi connectivity index (χ1v) is 21.4. The van der Waals surface area contributed by atoms with Crippen molar-refractivity contribution in [1.29, 1.82) is 5.26 Å². The molecule has 338 valence electrons. The second-order valence-corrected chi connectivity index (χ2v) is 16.2. The lowest BCUT2D eigenvalue weighted by molar-refractivity contribution is -0.671. The molecule has 2 aliphatic heterocycles. The van der Waals surface area contributed by atoms with Crippen LogP contribution in [0.1, 0.15) is 54.1 Å². The van der Waals surface area contributed by atoms with Crippen molar-refractivity contribution in [3.05, 3.63) is 99.9 Å². The van der Waals surface area contributed by atoms with Gasteiger partial charge in [0.1, 0.15) is 75.2 Å². The summed E-state index contributed by atoms with van der Waals surface area (Å²) in [5.74, 6) is -2.15. The maximum Gasteiger partial charge on any atom is 0.475 e. The number of esters is 2. The average molecular weight is 908 g/mol. The number of phosphoric ester groups is 1. The van der Waals surface area contributed by atoms with Gasteiger partial charge >= 0.3 is 25.5 Å². The van der Waals surface area contributed by atoms with Gasteiger partial charge in [-0.2, -0.15) is 5.26 Å². The first kappa shape index (κ1) is 45.6. The molecule has 25 heteroatoms. The number of nitrogens with zero attached hydrogens (tertiary/aromatic N) is 8. The summed E-state index contributed by atoms with van der Waals surface area (Å²) in [5, 5.41) is 22.3. The third-order valence-corrected chi connectivity index (χ3v) is 11.6. The lowest BCUT2D eigenvalue weighted by Crippen LogP contribution is -2.33. The number of imidazole rings is 2. The monoisotopic (exact) mass is 907 g/mol. The third-order valence-electron chi connectivity index (χ3n) is 10.1. The van der Waals surface area contributed by atoms with E-state index in [1.807, 2.05) is 13.1 Å². The number of benzene rings is 1. The number of aliphatic hydroxyl groups excluding tert-OH is 1. The largest absolute Gasteiger partial charge is 0.475 e. The topological polar surface area (TPSA) is 296 Å². The van der Waals surface area contributed by atoms with Gasteiger partial charge in [0.15, 0.2) is 17.0 Å². The van der Waals surface area contributed by atoms with Gasteiger partial charge in [0.05, 0.1) is 45.7 Å². The minimum atomic E-state index is -4.70. The van der Waals surface area contributed by atoms with E-state index in [-0.39, 0.29) is 48.4 Å². The van der Waals surface area contributed by atoms with Crippen LogP contribution in [0.4, 0.5) is 5.82 Å². The second-order valence-electron chi connectivity index (χ2n) is 14.6. The van der Waals surface area contributed by atoms with E-state index in [2.05, 4.69) is 25.3 Å². The van der Waals surface area contributed by atoms with Crippen LogP contribution in [0.25, 0.3) is 11.2 Å². The highest BCUT2D eigenvalue weighted by Gasteiger charge is 2.46. The second kappa shape index (κ2) is 20.4. The molecule has 0 radical (unpaired) electrons. The van der Waals surface area contributed by atoms with Crippen molar-refractivity contribution < 1.29 is 61.1 Å². The van der Waals surface area contributed by atoms with E-state index in [9.17, 15) is 38.9 Å². The number of aliphatic hydroxyl groups is 1. The van der Waals surface area contributed by atoms with Crippen molar-refractivity contribution in [2.75, 3.05) is 31.7 Å². The Balaban J connectivity index is 1.05. The van der Waals surface area contributed by atoms with Crippen molar-refractivity contribution in [3.63, 3.8) is 0 Å². The molecular weight excluding hydrogens is 863 g/mol. The van der Waals surface area contributed by atoms with Crippen LogP contribution in [-0.4, -0.2) is 107 Å². The van der Waals surface area contributed by atoms with E-state index in [1.165, 1.54) is 30.3 Å². The van der Waals surface area contributed by atoms with Gasteiger partial charge in [-0.3, -0.25) is 46.9 Å². The average Bonchev–Trinajstić information content (AvgIpc) is 4.08. The van der Waals surface area contributed by atoms with Crippen LogP contribution in [0.2, 0.25) is 0 Å². The Bertz CT molecular complexity index is 2680. The lowest BCUT2D eigenvalue weighted by Gasteiger charge is -2.25. The fourth-order valence-corrected chi connectivity index (χ4v) is 8.32. The first-order valence-electron chi connectivity index (χ1n) is 19.9. The minimum absolute atomic E-state index is 0.0194. The number of phosphoric acid groups is 1. The zero-order valence-electron chi connectivity index (χ0n) is 34.5. The van der Waals surface area contributed by atoms with Crippen molar-refractivity contribution in [2.24, 2.45) is 7.05 Å². The molecule has 2 fully saturated rings. The molecule has 0 bridgehead atoms. The number of ether oxygens (including phenoxy) is 4. The molecule has 1 aromatic carbocycles. The van der Waals surface area contributed by atoms with E-state index in [1.54, 1.807) is 58.2 Å². The molecule has 6 heterocycles. The van der Waals surface area contributed by atoms with Gasteiger partial charge in [0, 0.05) is 30.2 Å². The summed E-state index contributed by atoms with van der Waals surface area (Å²) in [6.45, 7) is 0.137. The minimum Gasteiger partial charge on any atom is -0.461 e. The number of carbonyl (C=O) groups excluding carboxylic acids is 3. The molecule has 7 atom stereocenters. The Morgan fingerprint density at radius 2 is 1.80 bits per heavy atom. The quantitative estimate of drug-likeness (QED) is 0.0344. The smallest absolute Gasteiger partial charge is 0.461 e. The maximum absolute atomic E-state index is 14.4. The molecule has 24 nitrogen and oxygen atoms in total. The van der Waals surface area contributed by atoms with Crippen molar-refractivity contribution >= 4 is 42.7 Å². The van der Waals surface area contributed by atoms with Gasteiger partial charge in [-0.1, -0.05) is 18.2 Å². The maximum atomic E-state index is 14.4. The zero-order valence-corrected chi connectivity index (χ0v) is 35.4. The number of hydrogen-bond donors (Lipinski definition) is 3. The van der Waals surface area contributed by atoms with Gasteiger partial charge in [0.2, 0.25) is 6.33 Å². The van der Waals surface area contributed by atoms with Gasteiger partial charge in [-0.25, -0.2) is 33.4 Å². The SMILES string of the molecule is Cc1cn([C@H]2C[C@H](OC(=O)CC(=O)OCCn3cc[n+](C)c3)[C@@H](COP(=O)(OCCC#N)O[C@H]3C[C@H](n4cnc5c(NC(=O)c6ccccc6)ncnc54)O[C@@H]3CO)O2)c(=O)[nH]c1=O. The highest BCUT2D eigenvalue weighted by molar-refractivity contribution is 7.48. The van der Waals surface area contributed by atoms with Crippen LogP contribution in [0.3, 0.4) is 0 Å². The number of anilines is 1. The van der Waals surface area contributed by atoms with Crippen LogP contribution >= 0.6 is 7.82 Å². The number of aromatic nitrogens is 8. The summed E-state index contributed by atoms with van der Waals surface area (Å²) in [7, 11) is -2.86. The Morgan fingerprint density at radius 3 is 2.55 bits per heavy atom. The highest BCUT2D eigenvalue weighted by Crippen LogP contribution is 2.54. The standard InChI is InChI=1S/C39H43N10O14P/c1-24-18-48(39(55)45-37(24)53)30-15-26(62-33(52)17-32(51)57-14-12-47-11-10-46(2)23-47)29(61-30)20-59-64(56,58-13-6-9-40)63-27-16-31(60-28(27)19-50)49-22-43-34-35(41-21-42-36(34)49)44-38(54)25-7-4-3-5-8-25/h3-5,7-8,10-11,18,21-23,26-31,50H,6,12-17,19-20H2,1-2H3,(H-,41,42,44,45,53,54,55)/p+1/t26-,27-,28+,29+,30+,31+,64?/m0/s1. The first-order chi connectivity index (χ1) is 30.8. The predicted octanol–water partition coefficient (Wildman–Crippen LogP) is 1.12. The van der Waals surface area contributed by atoms with Crippen molar-refractivity contribution in [2.45, 2.75) is 76.0 Å². The van der Waals surface area contributed by atoms with E-state index in [4.69, 9.17) is 32.5 Å². The molecule has 0 aliphatic carbocycles. The number of H-pyrrole nitrogens is 1. The highest BCUT2D eigenvalue weighted by atomic mass is 31.2. The number of nitriles is 1. The summed E-state index contributed by atoms with van der Waals surface area (Å²) in [5.41, 5.74) is -0.377. The van der Waals surface area contributed by atoms with Crippen molar-refractivity contribution in [3.8, 4) is 6.07 Å². The number of aryl methyl sites for hydroxylation is 2. The molecule has 1 amide bonds. The van der Waals surface area contributed by atoms with Gasteiger partial charge in [-0.15, -0.1) is 0 Å².